The summed E-state index contributed by atoms with van der Waals surface area (Å²) < 4.78 is 2.31. The van der Waals surface area contributed by atoms with E-state index in [1.807, 2.05) is 0 Å². The van der Waals surface area contributed by atoms with Crippen LogP contribution in [0, 0.1) is 0 Å². The van der Waals surface area contributed by atoms with Crippen LogP contribution in [-0.4, -0.2) is 0 Å². The van der Waals surface area contributed by atoms with Gasteiger partial charge in [0.15, 0.2) is 0 Å². The quantitative estimate of drug-likeness (QED) is 0.394. The van der Waals surface area contributed by atoms with E-state index in [1.165, 1.54) is 37.5 Å². The molecule has 0 N–H and O–H groups in total. The van der Waals surface area contributed by atoms with Crippen LogP contribution in [0.3, 0.4) is 0 Å². The van der Waals surface area contributed by atoms with Crippen LogP contribution in [0.2, 0.25) is 0 Å². The first-order chi connectivity index (χ1) is 10.00. The molecule has 3 aromatic rings. The summed E-state index contributed by atoms with van der Waals surface area (Å²) in [4.78, 5) is 0. The minimum atomic E-state index is 0.0226. The Balaban J connectivity index is 2.20. The van der Waals surface area contributed by atoms with Crippen LogP contribution in [0.25, 0.3) is 21.9 Å². The normalized spacial score (nSPS) is 15.0. The van der Waals surface area contributed by atoms with Gasteiger partial charge in [-0.1, -0.05) is 76.0 Å². The van der Waals surface area contributed by atoms with Crippen molar-refractivity contribution in [3.63, 3.8) is 0 Å². The highest BCUT2D eigenvalue weighted by molar-refractivity contribution is 9.11. The van der Waals surface area contributed by atoms with Crippen LogP contribution in [0.1, 0.15) is 25.0 Å². The SMILES string of the molecule is CC1(C)c2cc(Br)ccc2-c2cc(Br)c3ccccc3c21. The lowest BCUT2D eigenvalue weighted by molar-refractivity contribution is 0.666. The number of halogens is 2. The van der Waals surface area contributed by atoms with Gasteiger partial charge >= 0.3 is 0 Å². The molecule has 0 heterocycles. The van der Waals surface area contributed by atoms with Crippen molar-refractivity contribution >= 4 is 42.6 Å². The maximum Gasteiger partial charge on any atom is 0.0260 e. The molecular weight excluding hydrogens is 388 g/mol. The minimum Gasteiger partial charge on any atom is -0.0616 e. The zero-order valence-corrected chi connectivity index (χ0v) is 15.0. The fourth-order valence-electron chi connectivity index (χ4n) is 3.62. The summed E-state index contributed by atoms with van der Waals surface area (Å²) in [5.74, 6) is 0. The average molecular weight is 402 g/mol. The molecule has 1 aliphatic rings. The van der Waals surface area contributed by atoms with Gasteiger partial charge in [0.1, 0.15) is 0 Å². The number of hydrogen-bond donors (Lipinski definition) is 0. The molecule has 0 radical (unpaired) electrons. The van der Waals surface area contributed by atoms with Crippen molar-refractivity contribution in [2.24, 2.45) is 0 Å². The van der Waals surface area contributed by atoms with Crippen LogP contribution in [0.4, 0.5) is 0 Å². The molecule has 104 valence electrons. The van der Waals surface area contributed by atoms with Crippen molar-refractivity contribution in [1.29, 1.82) is 0 Å². The van der Waals surface area contributed by atoms with Gasteiger partial charge in [0.2, 0.25) is 0 Å². The van der Waals surface area contributed by atoms with Crippen LogP contribution in [0.5, 0.6) is 0 Å². The molecule has 0 unspecified atom stereocenters. The maximum absolute atomic E-state index is 3.75. The van der Waals surface area contributed by atoms with Gasteiger partial charge in [0.25, 0.3) is 0 Å². The first kappa shape index (κ1) is 13.5. The first-order valence-corrected chi connectivity index (χ1v) is 8.61. The maximum atomic E-state index is 3.75. The highest BCUT2D eigenvalue weighted by Gasteiger charge is 2.37. The lowest BCUT2D eigenvalue weighted by Crippen LogP contribution is -2.15. The molecule has 0 saturated carbocycles. The molecule has 0 aliphatic heterocycles. The smallest absolute Gasteiger partial charge is 0.0260 e. The van der Waals surface area contributed by atoms with Gasteiger partial charge in [0, 0.05) is 14.4 Å². The van der Waals surface area contributed by atoms with Crippen LogP contribution >= 0.6 is 31.9 Å². The van der Waals surface area contributed by atoms with Gasteiger partial charge in [-0.15, -0.1) is 0 Å². The zero-order valence-electron chi connectivity index (χ0n) is 11.9. The lowest BCUT2D eigenvalue weighted by Gasteiger charge is -2.23. The summed E-state index contributed by atoms with van der Waals surface area (Å²) in [6, 6.07) is 17.6. The molecule has 21 heavy (non-hydrogen) atoms. The van der Waals surface area contributed by atoms with E-state index >= 15 is 0 Å². The highest BCUT2D eigenvalue weighted by atomic mass is 79.9. The Morgan fingerprint density at radius 1 is 0.810 bits per heavy atom. The Kier molecular flexibility index (Phi) is 2.86. The molecule has 0 fully saturated rings. The molecule has 0 bridgehead atoms. The Labute approximate surface area is 141 Å². The van der Waals surface area contributed by atoms with Crippen LogP contribution in [-0.2, 0) is 5.41 Å². The van der Waals surface area contributed by atoms with E-state index in [9.17, 15) is 0 Å². The monoisotopic (exact) mass is 400 g/mol. The topological polar surface area (TPSA) is 0 Å². The molecule has 1 aliphatic carbocycles. The second-order valence-corrected chi connectivity index (χ2v) is 7.91. The number of hydrogen-bond acceptors (Lipinski definition) is 0. The van der Waals surface area contributed by atoms with Crippen molar-refractivity contribution in [2.75, 3.05) is 0 Å². The van der Waals surface area contributed by atoms with E-state index in [0.29, 0.717) is 0 Å². The highest BCUT2D eigenvalue weighted by Crippen LogP contribution is 2.53. The summed E-state index contributed by atoms with van der Waals surface area (Å²) in [6.45, 7) is 4.65. The summed E-state index contributed by atoms with van der Waals surface area (Å²) >= 11 is 7.36. The Morgan fingerprint density at radius 2 is 1.52 bits per heavy atom. The summed E-state index contributed by atoms with van der Waals surface area (Å²) in [5.41, 5.74) is 5.57. The zero-order chi connectivity index (χ0) is 14.8. The van der Waals surface area contributed by atoms with Crippen LogP contribution in [0.15, 0.2) is 57.5 Å². The molecule has 0 atom stereocenters. The third-order valence-electron chi connectivity index (χ3n) is 4.56. The largest absolute Gasteiger partial charge is 0.0616 e. The molecule has 0 spiro atoms. The molecule has 0 saturated heterocycles. The number of fused-ring (bicyclic) bond motifs is 5. The average Bonchev–Trinajstić information content (AvgIpc) is 2.67. The first-order valence-electron chi connectivity index (χ1n) is 7.02. The van der Waals surface area contributed by atoms with Gasteiger partial charge in [-0.3, -0.25) is 0 Å². The molecule has 0 aromatic heterocycles. The van der Waals surface area contributed by atoms with Gasteiger partial charge in [-0.25, -0.2) is 0 Å². The summed E-state index contributed by atoms with van der Waals surface area (Å²) in [6.07, 6.45) is 0. The van der Waals surface area contributed by atoms with Gasteiger partial charge in [0.05, 0.1) is 0 Å². The molecule has 4 rings (SSSR count). The van der Waals surface area contributed by atoms with E-state index < -0.39 is 0 Å². The predicted octanol–water partition coefficient (Wildman–Crippen LogP) is 6.67. The van der Waals surface area contributed by atoms with Crippen molar-refractivity contribution in [1.82, 2.24) is 0 Å². The van der Waals surface area contributed by atoms with Crippen molar-refractivity contribution in [2.45, 2.75) is 19.3 Å². The van der Waals surface area contributed by atoms with Crippen LogP contribution < -0.4 is 0 Å². The van der Waals surface area contributed by atoms with E-state index in [2.05, 4.69) is 94.2 Å². The third-order valence-corrected chi connectivity index (χ3v) is 5.71. The molecule has 2 heteroatoms. The number of rotatable bonds is 0. The summed E-state index contributed by atoms with van der Waals surface area (Å²) in [7, 11) is 0. The minimum absolute atomic E-state index is 0.0226. The Hall–Kier alpha value is -1.12. The van der Waals surface area contributed by atoms with Gasteiger partial charge < -0.3 is 0 Å². The Morgan fingerprint density at radius 3 is 2.29 bits per heavy atom. The van der Waals surface area contributed by atoms with Gasteiger partial charge in [-0.2, -0.15) is 0 Å². The van der Waals surface area contributed by atoms with E-state index in [0.717, 1.165) is 4.47 Å². The second kappa shape index (κ2) is 4.44. The number of benzene rings is 3. The van der Waals surface area contributed by atoms with Crippen molar-refractivity contribution in [3.05, 3.63) is 68.6 Å². The second-order valence-electron chi connectivity index (χ2n) is 6.14. The molecule has 0 nitrogen and oxygen atoms in total. The standard InChI is InChI=1S/C19H14Br2/c1-19(2)16-9-11(20)7-8-12(16)15-10-17(21)13-5-3-4-6-14(13)18(15)19/h3-10H,1-2H3. The van der Waals surface area contributed by atoms with Crippen molar-refractivity contribution in [3.8, 4) is 11.1 Å². The fraction of sp³-hybridized carbons (Fsp3) is 0.158. The lowest BCUT2D eigenvalue weighted by atomic mass is 9.80. The van der Waals surface area contributed by atoms with Gasteiger partial charge in [-0.05, 0) is 51.2 Å². The van der Waals surface area contributed by atoms with E-state index in [-0.39, 0.29) is 5.41 Å². The van der Waals surface area contributed by atoms with E-state index in [1.54, 1.807) is 0 Å². The fourth-order valence-corrected chi connectivity index (χ4v) is 4.56. The van der Waals surface area contributed by atoms with E-state index in [4.69, 9.17) is 0 Å². The van der Waals surface area contributed by atoms with Crippen molar-refractivity contribution < 1.29 is 0 Å². The summed E-state index contributed by atoms with van der Waals surface area (Å²) in [5, 5.41) is 2.63. The molecule has 3 aromatic carbocycles. The predicted molar refractivity (Wildman–Crippen MR) is 96.9 cm³/mol. The Bertz CT molecular complexity index is 891. The molecule has 0 amide bonds. The third kappa shape index (κ3) is 1.79. The molecular formula is C19H14Br2.